The van der Waals surface area contributed by atoms with Crippen molar-refractivity contribution >= 4 is 17.6 Å². The first-order valence-corrected chi connectivity index (χ1v) is 7.88. The van der Waals surface area contributed by atoms with E-state index < -0.39 is 0 Å². The van der Waals surface area contributed by atoms with Crippen LogP contribution in [0, 0.1) is 0 Å². The second kappa shape index (κ2) is 5.92. The lowest BCUT2D eigenvalue weighted by Gasteiger charge is -2.23. The Balaban J connectivity index is 1.85. The second-order valence-electron chi connectivity index (χ2n) is 6.38. The number of para-hydroxylation sites is 2. The molecule has 1 heterocycles. The van der Waals surface area contributed by atoms with Gasteiger partial charge in [0.05, 0.1) is 5.69 Å². The van der Waals surface area contributed by atoms with Gasteiger partial charge < -0.3 is 4.90 Å². The van der Waals surface area contributed by atoms with Crippen molar-refractivity contribution in [3.8, 4) is 0 Å². The zero-order chi connectivity index (χ0) is 16.4. The third-order valence-corrected chi connectivity index (χ3v) is 4.54. The molecule has 0 radical (unpaired) electrons. The molecule has 0 aliphatic carbocycles. The number of anilines is 2. The molecule has 23 heavy (non-hydrogen) atoms. The minimum Gasteiger partial charge on any atom is -0.347 e. The number of nitrogens with zero attached hydrogens (tertiary/aromatic N) is 3. The number of hydrazone groups is 1. The van der Waals surface area contributed by atoms with E-state index in [1.54, 1.807) is 0 Å². The van der Waals surface area contributed by atoms with Crippen LogP contribution in [-0.4, -0.2) is 20.3 Å². The Hall–Kier alpha value is -2.55. The second-order valence-corrected chi connectivity index (χ2v) is 6.38. The molecule has 0 N–H and O–H groups in total. The minimum atomic E-state index is -0.0112. The largest absolute Gasteiger partial charge is 0.347 e. The third-order valence-electron chi connectivity index (χ3n) is 4.54. The van der Waals surface area contributed by atoms with E-state index in [2.05, 4.69) is 61.2 Å². The molecule has 3 rings (SSSR count). The fraction of sp³-hybridized carbons (Fsp3) is 0.250. The standard InChI is InChI=1S/C20H23N3/c1-20(2)17-12-8-9-13-18(17)22(3)19(20)14-15-21-23(4)16-10-6-5-7-11-16/h5-15H,1-4H3. The summed E-state index contributed by atoms with van der Waals surface area (Å²) < 4.78 is 0. The molecule has 0 unspecified atom stereocenters. The van der Waals surface area contributed by atoms with Crippen molar-refractivity contribution in [2.24, 2.45) is 5.10 Å². The van der Waals surface area contributed by atoms with Crippen molar-refractivity contribution in [1.29, 1.82) is 0 Å². The molecular weight excluding hydrogens is 282 g/mol. The van der Waals surface area contributed by atoms with Gasteiger partial charge in [0.15, 0.2) is 0 Å². The first-order valence-electron chi connectivity index (χ1n) is 7.88. The monoisotopic (exact) mass is 305 g/mol. The lowest BCUT2D eigenvalue weighted by molar-refractivity contribution is 0.641. The molecule has 0 amide bonds. The Morgan fingerprint density at radius 2 is 1.65 bits per heavy atom. The molecule has 3 heteroatoms. The molecular formula is C20H23N3. The SMILES string of the molecule is CN(N=CC=C1N(C)c2ccccc2C1(C)C)c1ccccc1. The van der Waals surface area contributed by atoms with Crippen molar-refractivity contribution in [2.45, 2.75) is 19.3 Å². The molecule has 0 atom stereocenters. The Bertz CT molecular complexity index is 744. The number of hydrogen-bond donors (Lipinski definition) is 0. The van der Waals surface area contributed by atoms with Crippen LogP contribution in [0.5, 0.6) is 0 Å². The Morgan fingerprint density at radius 1 is 1.00 bits per heavy atom. The number of hydrogen-bond acceptors (Lipinski definition) is 3. The molecule has 0 aromatic heterocycles. The van der Waals surface area contributed by atoms with Crippen molar-refractivity contribution < 1.29 is 0 Å². The van der Waals surface area contributed by atoms with Gasteiger partial charge in [0.25, 0.3) is 0 Å². The summed E-state index contributed by atoms with van der Waals surface area (Å²) in [6, 6.07) is 18.7. The van der Waals surface area contributed by atoms with E-state index in [1.807, 2.05) is 48.6 Å². The van der Waals surface area contributed by atoms with E-state index in [-0.39, 0.29) is 5.41 Å². The highest BCUT2D eigenvalue weighted by molar-refractivity contribution is 5.79. The summed E-state index contributed by atoms with van der Waals surface area (Å²) in [5.74, 6) is 0. The molecule has 0 saturated carbocycles. The smallest absolute Gasteiger partial charge is 0.0590 e. The Labute approximate surface area is 138 Å². The molecule has 118 valence electrons. The van der Waals surface area contributed by atoms with Gasteiger partial charge in [-0.2, -0.15) is 5.10 Å². The van der Waals surface area contributed by atoms with Gasteiger partial charge in [0.1, 0.15) is 0 Å². The van der Waals surface area contributed by atoms with Gasteiger partial charge in [-0.1, -0.05) is 50.2 Å². The van der Waals surface area contributed by atoms with Crippen LogP contribution in [-0.2, 0) is 5.41 Å². The molecule has 1 aliphatic rings. The van der Waals surface area contributed by atoms with Crippen LogP contribution in [0.25, 0.3) is 0 Å². The summed E-state index contributed by atoms with van der Waals surface area (Å²) in [6.45, 7) is 4.52. The third kappa shape index (κ3) is 2.74. The summed E-state index contributed by atoms with van der Waals surface area (Å²) in [7, 11) is 4.08. The van der Waals surface area contributed by atoms with Gasteiger partial charge in [0.2, 0.25) is 0 Å². The van der Waals surface area contributed by atoms with Crippen LogP contribution in [0.1, 0.15) is 19.4 Å². The van der Waals surface area contributed by atoms with Gasteiger partial charge in [-0.15, -0.1) is 0 Å². The quantitative estimate of drug-likeness (QED) is 0.617. The summed E-state index contributed by atoms with van der Waals surface area (Å²) >= 11 is 0. The highest BCUT2D eigenvalue weighted by atomic mass is 15.4. The van der Waals surface area contributed by atoms with E-state index in [1.165, 1.54) is 16.9 Å². The zero-order valence-corrected chi connectivity index (χ0v) is 14.2. The van der Waals surface area contributed by atoms with E-state index >= 15 is 0 Å². The average Bonchev–Trinajstić information content (AvgIpc) is 2.76. The fourth-order valence-electron chi connectivity index (χ4n) is 3.22. The fourth-order valence-corrected chi connectivity index (χ4v) is 3.22. The molecule has 1 aliphatic heterocycles. The normalized spacial score (nSPS) is 17.7. The maximum absolute atomic E-state index is 4.53. The van der Waals surface area contributed by atoms with Crippen LogP contribution in [0.15, 0.2) is 71.5 Å². The number of fused-ring (bicyclic) bond motifs is 1. The molecule has 2 aromatic rings. The van der Waals surface area contributed by atoms with E-state index in [0.717, 1.165) is 5.69 Å². The van der Waals surface area contributed by atoms with Crippen LogP contribution >= 0.6 is 0 Å². The summed E-state index contributed by atoms with van der Waals surface area (Å²) in [4.78, 5) is 2.25. The Kier molecular flexibility index (Phi) is 3.95. The maximum Gasteiger partial charge on any atom is 0.0590 e. The van der Waals surface area contributed by atoms with Crippen LogP contribution < -0.4 is 9.91 Å². The number of rotatable bonds is 3. The molecule has 0 fully saturated rings. The molecule has 0 spiro atoms. The zero-order valence-electron chi connectivity index (χ0n) is 14.2. The Morgan fingerprint density at radius 3 is 2.35 bits per heavy atom. The molecule has 2 aromatic carbocycles. The van der Waals surface area contributed by atoms with Gasteiger partial charge in [-0.25, -0.2) is 0 Å². The van der Waals surface area contributed by atoms with Crippen molar-refractivity contribution in [3.63, 3.8) is 0 Å². The first kappa shape index (κ1) is 15.3. The number of likely N-dealkylation sites (N-methyl/N-ethyl adjacent to an activating group) is 1. The van der Waals surface area contributed by atoms with Gasteiger partial charge in [0, 0.05) is 37.1 Å². The summed E-state index contributed by atoms with van der Waals surface area (Å²) in [6.07, 6.45) is 3.99. The number of allylic oxidation sites excluding steroid dienone is 2. The lowest BCUT2D eigenvalue weighted by Crippen LogP contribution is -2.23. The van der Waals surface area contributed by atoms with E-state index in [0.29, 0.717) is 0 Å². The van der Waals surface area contributed by atoms with Crippen LogP contribution in [0.4, 0.5) is 11.4 Å². The highest BCUT2D eigenvalue weighted by Crippen LogP contribution is 2.46. The van der Waals surface area contributed by atoms with Gasteiger partial charge in [-0.05, 0) is 29.8 Å². The van der Waals surface area contributed by atoms with E-state index in [9.17, 15) is 0 Å². The lowest BCUT2D eigenvalue weighted by atomic mass is 9.84. The van der Waals surface area contributed by atoms with Crippen LogP contribution in [0.2, 0.25) is 0 Å². The molecule has 0 saturated heterocycles. The van der Waals surface area contributed by atoms with Crippen molar-refractivity contribution in [3.05, 3.63) is 71.9 Å². The van der Waals surface area contributed by atoms with E-state index in [4.69, 9.17) is 0 Å². The van der Waals surface area contributed by atoms with Crippen LogP contribution in [0.3, 0.4) is 0 Å². The highest BCUT2D eigenvalue weighted by Gasteiger charge is 2.37. The maximum atomic E-state index is 4.53. The average molecular weight is 305 g/mol. The van der Waals surface area contributed by atoms with Gasteiger partial charge in [-0.3, -0.25) is 5.01 Å². The summed E-state index contributed by atoms with van der Waals surface area (Å²) in [5.41, 5.74) is 4.95. The summed E-state index contributed by atoms with van der Waals surface area (Å²) in [5, 5.41) is 6.41. The minimum absolute atomic E-state index is 0.0112. The van der Waals surface area contributed by atoms with Crippen molar-refractivity contribution in [1.82, 2.24) is 0 Å². The predicted molar refractivity (Wildman–Crippen MR) is 99.3 cm³/mol. The number of benzene rings is 2. The van der Waals surface area contributed by atoms with Crippen molar-refractivity contribution in [2.75, 3.05) is 24.0 Å². The predicted octanol–water partition coefficient (Wildman–Crippen LogP) is 4.42. The first-order chi connectivity index (χ1) is 11.0. The van der Waals surface area contributed by atoms with Gasteiger partial charge >= 0.3 is 0 Å². The molecule has 0 bridgehead atoms. The topological polar surface area (TPSA) is 18.8 Å². The molecule has 3 nitrogen and oxygen atoms in total.